The van der Waals surface area contributed by atoms with Crippen molar-refractivity contribution < 1.29 is 4.74 Å². The maximum atomic E-state index is 5.62. The van der Waals surface area contributed by atoms with Crippen molar-refractivity contribution in [2.24, 2.45) is 11.7 Å². The molecule has 0 aliphatic carbocycles. The highest BCUT2D eigenvalue weighted by Gasteiger charge is 2.20. The Morgan fingerprint density at radius 1 is 1.53 bits per heavy atom. The molecule has 0 radical (unpaired) electrons. The highest BCUT2D eigenvalue weighted by molar-refractivity contribution is 5.38. The fourth-order valence-electron chi connectivity index (χ4n) is 2.33. The van der Waals surface area contributed by atoms with Crippen LogP contribution < -0.4 is 15.4 Å². The van der Waals surface area contributed by atoms with Crippen LogP contribution in [0, 0.1) is 5.92 Å². The van der Waals surface area contributed by atoms with E-state index in [1.165, 1.54) is 12.8 Å². The zero-order valence-electron chi connectivity index (χ0n) is 10.3. The van der Waals surface area contributed by atoms with E-state index in [1.54, 1.807) is 19.5 Å². The molecule has 5 heteroatoms. The molecule has 1 fully saturated rings. The van der Waals surface area contributed by atoms with Gasteiger partial charge in [-0.05, 0) is 31.7 Å². The SMILES string of the molecule is COc1cncc(N2CCCC(CCN)C2)n1. The first-order valence-electron chi connectivity index (χ1n) is 6.14. The Kier molecular flexibility index (Phi) is 4.14. The molecule has 17 heavy (non-hydrogen) atoms. The van der Waals surface area contributed by atoms with Crippen molar-refractivity contribution in [3.05, 3.63) is 12.4 Å². The molecule has 2 rings (SSSR count). The zero-order chi connectivity index (χ0) is 12.1. The molecule has 0 saturated carbocycles. The summed E-state index contributed by atoms with van der Waals surface area (Å²) in [7, 11) is 1.61. The normalized spacial score (nSPS) is 20.4. The van der Waals surface area contributed by atoms with Gasteiger partial charge in [0.1, 0.15) is 0 Å². The molecule has 0 spiro atoms. The topological polar surface area (TPSA) is 64.3 Å². The molecule has 1 aliphatic heterocycles. The number of hydrogen-bond donors (Lipinski definition) is 1. The van der Waals surface area contributed by atoms with Gasteiger partial charge in [0, 0.05) is 13.1 Å². The summed E-state index contributed by atoms with van der Waals surface area (Å²) in [6, 6.07) is 0. The van der Waals surface area contributed by atoms with Crippen LogP contribution in [-0.4, -0.2) is 36.7 Å². The van der Waals surface area contributed by atoms with E-state index >= 15 is 0 Å². The smallest absolute Gasteiger partial charge is 0.233 e. The predicted octanol–water partition coefficient (Wildman–Crippen LogP) is 1.05. The van der Waals surface area contributed by atoms with Crippen LogP contribution in [0.1, 0.15) is 19.3 Å². The van der Waals surface area contributed by atoms with Crippen LogP contribution in [0.15, 0.2) is 12.4 Å². The number of methoxy groups -OCH3 is 1. The average Bonchev–Trinajstić information content (AvgIpc) is 2.40. The lowest BCUT2D eigenvalue weighted by atomic mass is 9.95. The molecule has 2 heterocycles. The maximum absolute atomic E-state index is 5.62. The van der Waals surface area contributed by atoms with Gasteiger partial charge in [-0.3, -0.25) is 4.98 Å². The van der Waals surface area contributed by atoms with E-state index in [4.69, 9.17) is 10.5 Å². The van der Waals surface area contributed by atoms with Crippen molar-refractivity contribution in [2.75, 3.05) is 31.6 Å². The third-order valence-electron chi connectivity index (χ3n) is 3.23. The highest BCUT2D eigenvalue weighted by atomic mass is 16.5. The molecule has 1 aromatic rings. The Labute approximate surface area is 102 Å². The lowest BCUT2D eigenvalue weighted by Gasteiger charge is -2.33. The van der Waals surface area contributed by atoms with Crippen molar-refractivity contribution in [3.63, 3.8) is 0 Å². The van der Waals surface area contributed by atoms with E-state index in [9.17, 15) is 0 Å². The van der Waals surface area contributed by atoms with Crippen molar-refractivity contribution >= 4 is 5.82 Å². The minimum atomic E-state index is 0.573. The third kappa shape index (κ3) is 3.06. The summed E-state index contributed by atoms with van der Waals surface area (Å²) in [5.41, 5.74) is 5.62. The van der Waals surface area contributed by atoms with Crippen LogP contribution in [-0.2, 0) is 0 Å². The molecule has 1 saturated heterocycles. The Balaban J connectivity index is 2.05. The zero-order valence-corrected chi connectivity index (χ0v) is 10.3. The molecule has 1 unspecified atom stereocenters. The summed E-state index contributed by atoms with van der Waals surface area (Å²) >= 11 is 0. The lowest BCUT2D eigenvalue weighted by molar-refractivity contribution is 0.383. The van der Waals surface area contributed by atoms with E-state index in [-0.39, 0.29) is 0 Å². The van der Waals surface area contributed by atoms with Gasteiger partial charge in [-0.1, -0.05) is 0 Å². The van der Waals surface area contributed by atoms with Crippen molar-refractivity contribution in [3.8, 4) is 5.88 Å². The van der Waals surface area contributed by atoms with Gasteiger partial charge in [0.2, 0.25) is 5.88 Å². The molecule has 0 bridgehead atoms. The Morgan fingerprint density at radius 2 is 2.41 bits per heavy atom. The Morgan fingerprint density at radius 3 is 3.18 bits per heavy atom. The first-order chi connectivity index (χ1) is 8.33. The number of rotatable bonds is 4. The second-order valence-corrected chi connectivity index (χ2v) is 4.45. The highest BCUT2D eigenvalue weighted by Crippen LogP contribution is 2.23. The number of nitrogens with two attached hydrogens (primary N) is 1. The maximum Gasteiger partial charge on any atom is 0.233 e. The molecule has 1 atom stereocenters. The molecule has 0 amide bonds. The van der Waals surface area contributed by atoms with Gasteiger partial charge in [-0.2, -0.15) is 4.98 Å². The van der Waals surface area contributed by atoms with E-state index in [0.717, 1.165) is 31.9 Å². The van der Waals surface area contributed by atoms with Gasteiger partial charge in [-0.25, -0.2) is 0 Å². The van der Waals surface area contributed by atoms with Crippen LogP contribution in [0.4, 0.5) is 5.82 Å². The molecular weight excluding hydrogens is 216 g/mol. The van der Waals surface area contributed by atoms with Gasteiger partial charge in [0.15, 0.2) is 5.82 Å². The molecule has 2 N–H and O–H groups in total. The molecule has 5 nitrogen and oxygen atoms in total. The van der Waals surface area contributed by atoms with Gasteiger partial charge < -0.3 is 15.4 Å². The standard InChI is InChI=1S/C12H20N4O/c1-17-12-8-14-7-11(15-12)16-6-2-3-10(9-16)4-5-13/h7-8,10H,2-6,9,13H2,1H3. The second kappa shape index (κ2) is 5.82. The molecular formula is C12H20N4O. The lowest BCUT2D eigenvalue weighted by Crippen LogP contribution is -2.36. The summed E-state index contributed by atoms with van der Waals surface area (Å²) in [4.78, 5) is 10.8. The fourth-order valence-corrected chi connectivity index (χ4v) is 2.33. The summed E-state index contributed by atoms with van der Waals surface area (Å²) in [6.45, 7) is 2.84. The first-order valence-corrected chi connectivity index (χ1v) is 6.14. The van der Waals surface area contributed by atoms with Gasteiger partial charge in [0.05, 0.1) is 19.5 Å². The number of hydrogen-bond acceptors (Lipinski definition) is 5. The largest absolute Gasteiger partial charge is 0.480 e. The van der Waals surface area contributed by atoms with E-state index in [1.807, 2.05) is 0 Å². The summed E-state index contributed by atoms with van der Waals surface area (Å²) in [5, 5.41) is 0. The van der Waals surface area contributed by atoms with Gasteiger partial charge >= 0.3 is 0 Å². The van der Waals surface area contributed by atoms with Crippen molar-refractivity contribution in [1.82, 2.24) is 9.97 Å². The Hall–Kier alpha value is -1.36. The van der Waals surface area contributed by atoms with Gasteiger partial charge in [0.25, 0.3) is 0 Å². The van der Waals surface area contributed by atoms with Crippen LogP contribution in [0.25, 0.3) is 0 Å². The molecule has 94 valence electrons. The molecule has 1 aliphatic rings. The van der Waals surface area contributed by atoms with Crippen LogP contribution in [0.3, 0.4) is 0 Å². The summed E-state index contributed by atoms with van der Waals surface area (Å²) in [5.74, 6) is 2.16. The van der Waals surface area contributed by atoms with Crippen LogP contribution in [0.2, 0.25) is 0 Å². The number of anilines is 1. The van der Waals surface area contributed by atoms with Gasteiger partial charge in [-0.15, -0.1) is 0 Å². The Bertz CT molecular complexity index is 356. The average molecular weight is 236 g/mol. The monoisotopic (exact) mass is 236 g/mol. The van der Waals surface area contributed by atoms with Crippen molar-refractivity contribution in [2.45, 2.75) is 19.3 Å². The summed E-state index contributed by atoms with van der Waals surface area (Å²) < 4.78 is 5.10. The minimum absolute atomic E-state index is 0.573. The molecule has 0 aromatic carbocycles. The number of aromatic nitrogens is 2. The first kappa shape index (κ1) is 12.1. The van der Waals surface area contributed by atoms with Crippen LogP contribution >= 0.6 is 0 Å². The minimum Gasteiger partial charge on any atom is -0.480 e. The van der Waals surface area contributed by atoms with E-state index < -0.39 is 0 Å². The quantitative estimate of drug-likeness (QED) is 0.846. The summed E-state index contributed by atoms with van der Waals surface area (Å²) in [6.07, 6.45) is 6.99. The third-order valence-corrected chi connectivity index (χ3v) is 3.23. The number of piperidine rings is 1. The predicted molar refractivity (Wildman–Crippen MR) is 67.2 cm³/mol. The van der Waals surface area contributed by atoms with E-state index in [2.05, 4.69) is 14.9 Å². The number of nitrogens with zero attached hydrogens (tertiary/aromatic N) is 3. The fraction of sp³-hybridized carbons (Fsp3) is 0.667. The number of ether oxygens (including phenoxy) is 1. The molecule has 1 aromatic heterocycles. The van der Waals surface area contributed by atoms with Crippen LogP contribution in [0.5, 0.6) is 5.88 Å². The van der Waals surface area contributed by atoms with E-state index in [0.29, 0.717) is 11.8 Å². The second-order valence-electron chi connectivity index (χ2n) is 4.45. The van der Waals surface area contributed by atoms with Crippen molar-refractivity contribution in [1.29, 1.82) is 0 Å².